The van der Waals surface area contributed by atoms with Crippen LogP contribution in [0.1, 0.15) is 29.8 Å². The molecule has 0 saturated heterocycles. The smallest absolute Gasteiger partial charge is 0.251 e. The highest BCUT2D eigenvalue weighted by atomic mass is 35.5. The van der Waals surface area contributed by atoms with Crippen LogP contribution in [0.25, 0.3) is 0 Å². The van der Waals surface area contributed by atoms with Gasteiger partial charge in [0.2, 0.25) is 10.0 Å². The van der Waals surface area contributed by atoms with E-state index in [1.165, 1.54) is 22.5 Å². The Morgan fingerprint density at radius 2 is 1.85 bits per heavy atom. The van der Waals surface area contributed by atoms with Gasteiger partial charge in [0.15, 0.2) is 0 Å². The number of carbonyl (C=O) groups is 1. The van der Waals surface area contributed by atoms with Crippen molar-refractivity contribution in [2.75, 3.05) is 20.2 Å². The Bertz CT molecular complexity index is 912. The van der Waals surface area contributed by atoms with Gasteiger partial charge in [-0.25, -0.2) is 8.42 Å². The van der Waals surface area contributed by atoms with Crippen molar-refractivity contribution >= 4 is 27.5 Å². The maximum Gasteiger partial charge on any atom is 0.251 e. The third kappa shape index (κ3) is 5.00. The maximum absolute atomic E-state index is 12.7. The molecule has 0 radical (unpaired) electrons. The zero-order chi connectivity index (χ0) is 20.0. The normalized spacial score (nSPS) is 11.4. The molecule has 6 nitrogen and oxygen atoms in total. The number of sulfonamides is 1. The molecule has 0 bridgehead atoms. The number of halogens is 1. The van der Waals surface area contributed by atoms with E-state index in [-0.39, 0.29) is 27.9 Å². The molecule has 0 aliphatic rings. The van der Waals surface area contributed by atoms with Gasteiger partial charge in [-0.2, -0.15) is 4.31 Å². The molecular weight excluding hydrogens is 388 g/mol. The first-order chi connectivity index (χ1) is 12.8. The Morgan fingerprint density at radius 1 is 1.15 bits per heavy atom. The zero-order valence-corrected chi connectivity index (χ0v) is 17.1. The van der Waals surface area contributed by atoms with Crippen LogP contribution in [0, 0.1) is 0 Å². The Kier molecular flexibility index (Phi) is 7.24. The summed E-state index contributed by atoms with van der Waals surface area (Å²) in [6.07, 6.45) is 0. The molecule has 2 aromatic rings. The molecule has 0 fully saturated rings. The lowest BCUT2D eigenvalue weighted by Gasteiger charge is -2.19. The van der Waals surface area contributed by atoms with Gasteiger partial charge in [-0.15, -0.1) is 0 Å². The summed E-state index contributed by atoms with van der Waals surface area (Å²) in [7, 11) is -2.19. The number of ether oxygens (including phenoxy) is 1. The molecule has 0 aliphatic carbocycles. The number of nitrogens with zero attached hydrogens (tertiary/aromatic N) is 1. The van der Waals surface area contributed by atoms with Crippen molar-refractivity contribution in [3.63, 3.8) is 0 Å². The van der Waals surface area contributed by atoms with Crippen LogP contribution in [0.4, 0.5) is 0 Å². The zero-order valence-electron chi connectivity index (χ0n) is 15.5. The highest BCUT2D eigenvalue weighted by Crippen LogP contribution is 2.26. The quantitative estimate of drug-likeness (QED) is 0.724. The largest absolute Gasteiger partial charge is 0.497 e. The molecule has 27 heavy (non-hydrogen) atoms. The van der Waals surface area contributed by atoms with Crippen LogP contribution in [-0.4, -0.2) is 38.8 Å². The second kappa shape index (κ2) is 9.21. The summed E-state index contributed by atoms with van der Waals surface area (Å²) in [5, 5.41) is 2.86. The molecule has 1 N–H and O–H groups in total. The SMILES string of the molecule is CCN(CC)S(=O)(=O)c1cc(C(=O)NCc2cccc(OC)c2)ccc1Cl. The first kappa shape index (κ1) is 21.2. The van der Waals surface area contributed by atoms with Gasteiger partial charge >= 0.3 is 0 Å². The molecule has 0 atom stereocenters. The second-order valence-corrected chi connectivity index (χ2v) is 8.08. The maximum atomic E-state index is 12.7. The first-order valence-electron chi connectivity index (χ1n) is 8.54. The van der Waals surface area contributed by atoms with Gasteiger partial charge in [-0.3, -0.25) is 4.79 Å². The minimum atomic E-state index is -3.76. The summed E-state index contributed by atoms with van der Waals surface area (Å²) in [6.45, 7) is 4.43. The van der Waals surface area contributed by atoms with Crippen LogP contribution < -0.4 is 10.1 Å². The number of benzene rings is 2. The van der Waals surface area contributed by atoms with E-state index in [0.717, 1.165) is 5.56 Å². The van der Waals surface area contributed by atoms with Gasteiger partial charge in [0.1, 0.15) is 10.6 Å². The molecule has 2 aromatic carbocycles. The van der Waals surface area contributed by atoms with E-state index in [0.29, 0.717) is 18.8 Å². The van der Waals surface area contributed by atoms with Crippen LogP contribution >= 0.6 is 11.6 Å². The number of hydrogen-bond donors (Lipinski definition) is 1. The monoisotopic (exact) mass is 410 g/mol. The van der Waals surface area contributed by atoms with Crippen molar-refractivity contribution in [1.82, 2.24) is 9.62 Å². The minimum absolute atomic E-state index is 0.0677. The molecule has 0 aromatic heterocycles. The van der Waals surface area contributed by atoms with Crippen molar-refractivity contribution < 1.29 is 17.9 Å². The van der Waals surface area contributed by atoms with Gasteiger partial charge < -0.3 is 10.1 Å². The predicted octanol–water partition coefficient (Wildman–Crippen LogP) is 3.31. The summed E-state index contributed by atoms with van der Waals surface area (Å²) >= 11 is 6.10. The van der Waals surface area contributed by atoms with Gasteiger partial charge in [0.05, 0.1) is 12.1 Å². The van der Waals surface area contributed by atoms with E-state index in [1.807, 2.05) is 24.3 Å². The van der Waals surface area contributed by atoms with Crippen molar-refractivity contribution in [3.8, 4) is 5.75 Å². The average Bonchev–Trinajstić information content (AvgIpc) is 2.67. The first-order valence-corrected chi connectivity index (χ1v) is 10.4. The predicted molar refractivity (Wildman–Crippen MR) is 106 cm³/mol. The fourth-order valence-electron chi connectivity index (χ4n) is 2.61. The Morgan fingerprint density at radius 3 is 2.48 bits per heavy atom. The summed E-state index contributed by atoms with van der Waals surface area (Å²) in [6, 6.07) is 11.6. The number of nitrogens with one attached hydrogen (secondary N) is 1. The summed E-state index contributed by atoms with van der Waals surface area (Å²) in [5.74, 6) is 0.311. The number of rotatable bonds is 8. The average molecular weight is 411 g/mol. The van der Waals surface area contributed by atoms with Crippen molar-refractivity contribution in [2.24, 2.45) is 0 Å². The van der Waals surface area contributed by atoms with Gasteiger partial charge in [0, 0.05) is 25.2 Å². The number of amides is 1. The summed E-state index contributed by atoms with van der Waals surface area (Å²) in [5.41, 5.74) is 1.10. The lowest BCUT2D eigenvalue weighted by Crippen LogP contribution is -2.31. The van der Waals surface area contributed by atoms with Crippen molar-refractivity contribution in [3.05, 3.63) is 58.6 Å². The lowest BCUT2D eigenvalue weighted by molar-refractivity contribution is 0.0950. The van der Waals surface area contributed by atoms with E-state index in [2.05, 4.69) is 5.32 Å². The van der Waals surface area contributed by atoms with Gasteiger partial charge in [-0.1, -0.05) is 37.6 Å². The van der Waals surface area contributed by atoms with Crippen LogP contribution in [0.3, 0.4) is 0 Å². The topological polar surface area (TPSA) is 75.7 Å². The van der Waals surface area contributed by atoms with Crippen LogP contribution in [0.5, 0.6) is 5.75 Å². The second-order valence-electron chi connectivity index (χ2n) is 5.77. The van der Waals surface area contributed by atoms with Crippen LogP contribution in [0.2, 0.25) is 5.02 Å². The highest BCUT2D eigenvalue weighted by molar-refractivity contribution is 7.89. The molecule has 0 spiro atoms. The highest BCUT2D eigenvalue weighted by Gasteiger charge is 2.25. The number of hydrogen-bond acceptors (Lipinski definition) is 4. The molecule has 1 amide bonds. The van der Waals surface area contributed by atoms with E-state index < -0.39 is 10.0 Å². The molecule has 2 rings (SSSR count). The third-order valence-electron chi connectivity index (χ3n) is 4.10. The van der Waals surface area contributed by atoms with Crippen LogP contribution in [-0.2, 0) is 16.6 Å². The lowest BCUT2D eigenvalue weighted by atomic mass is 10.2. The Balaban J connectivity index is 2.22. The molecule has 0 unspecified atom stereocenters. The van der Waals surface area contributed by atoms with Crippen molar-refractivity contribution in [1.29, 1.82) is 0 Å². The number of carbonyl (C=O) groups excluding carboxylic acids is 1. The van der Waals surface area contributed by atoms with E-state index in [4.69, 9.17) is 16.3 Å². The van der Waals surface area contributed by atoms with E-state index in [9.17, 15) is 13.2 Å². The van der Waals surface area contributed by atoms with Crippen LogP contribution in [0.15, 0.2) is 47.4 Å². The molecular formula is C19H23ClN2O4S. The summed E-state index contributed by atoms with van der Waals surface area (Å²) in [4.78, 5) is 12.4. The fraction of sp³-hybridized carbons (Fsp3) is 0.316. The Hall–Kier alpha value is -2.09. The van der Waals surface area contributed by atoms with E-state index in [1.54, 1.807) is 21.0 Å². The summed E-state index contributed by atoms with van der Waals surface area (Å²) < 4.78 is 31.9. The standard InChI is InChI=1S/C19H23ClN2O4S/c1-4-22(5-2)27(24,25)18-12-15(9-10-17(18)20)19(23)21-13-14-7-6-8-16(11-14)26-3/h6-12H,4-5,13H2,1-3H3,(H,21,23). The Labute approximate surface area is 165 Å². The van der Waals surface area contributed by atoms with Crippen molar-refractivity contribution in [2.45, 2.75) is 25.3 Å². The minimum Gasteiger partial charge on any atom is -0.497 e. The molecule has 0 heterocycles. The molecule has 8 heteroatoms. The number of methoxy groups -OCH3 is 1. The van der Waals surface area contributed by atoms with E-state index >= 15 is 0 Å². The third-order valence-corrected chi connectivity index (χ3v) is 6.64. The molecule has 0 aliphatic heterocycles. The fourth-order valence-corrected chi connectivity index (χ4v) is 4.57. The van der Waals surface area contributed by atoms with Gasteiger partial charge in [-0.05, 0) is 35.9 Å². The molecule has 0 saturated carbocycles. The molecule has 146 valence electrons. The van der Waals surface area contributed by atoms with Gasteiger partial charge in [0.25, 0.3) is 5.91 Å².